The molecule has 0 saturated heterocycles. The van der Waals surface area contributed by atoms with Gasteiger partial charge >= 0.3 is 0 Å². The summed E-state index contributed by atoms with van der Waals surface area (Å²) in [4.78, 5) is 0. The molecule has 2 rings (SSSR count). The number of fused-ring (bicyclic) bond motifs is 1. The zero-order valence-corrected chi connectivity index (χ0v) is 11.1. The van der Waals surface area contributed by atoms with Gasteiger partial charge in [0.25, 0.3) is 0 Å². The lowest BCUT2D eigenvalue weighted by Crippen LogP contribution is -2.26. The molecule has 2 unspecified atom stereocenters. The molecular weight excluding hydrogens is 210 g/mol. The normalized spacial score (nSPS) is 23.8. The summed E-state index contributed by atoms with van der Waals surface area (Å²) in [6.45, 7) is 7.51. The summed E-state index contributed by atoms with van der Waals surface area (Å²) < 4.78 is 5.95. The molecule has 2 atom stereocenters. The van der Waals surface area contributed by atoms with Gasteiger partial charge in [0, 0.05) is 13.0 Å². The number of hydrogen-bond donors (Lipinski definition) is 1. The molecule has 1 aromatic carbocycles. The molecule has 0 heterocycles. The molecule has 0 aromatic heterocycles. The molecule has 0 amide bonds. The topological polar surface area (TPSA) is 35.2 Å². The summed E-state index contributed by atoms with van der Waals surface area (Å²) in [5, 5.41) is 0. The summed E-state index contributed by atoms with van der Waals surface area (Å²) in [7, 11) is 0. The molecule has 2 nitrogen and oxygen atoms in total. The van der Waals surface area contributed by atoms with Crippen LogP contribution in [0.3, 0.4) is 0 Å². The lowest BCUT2D eigenvalue weighted by atomic mass is 9.93. The molecule has 1 aromatic rings. The predicted octanol–water partition coefficient (Wildman–Crippen LogP) is 3.06. The summed E-state index contributed by atoms with van der Waals surface area (Å²) in [5.74, 6) is 0. The Balaban J connectivity index is 1.90. The van der Waals surface area contributed by atoms with Gasteiger partial charge in [-0.15, -0.1) is 0 Å². The standard InChI is InChI=1S/C15H23NO/c1-15(2,3)8-9-17-13-10-11-6-4-5-7-12(11)14(13)16/h4-7,13-14H,8-10,16H2,1-3H3. The first-order valence-corrected chi connectivity index (χ1v) is 6.42. The number of benzene rings is 1. The molecule has 0 spiro atoms. The Labute approximate surface area is 104 Å². The van der Waals surface area contributed by atoms with Crippen molar-refractivity contribution in [1.29, 1.82) is 0 Å². The van der Waals surface area contributed by atoms with Crippen molar-refractivity contribution in [3.8, 4) is 0 Å². The first kappa shape index (κ1) is 12.6. The van der Waals surface area contributed by atoms with Gasteiger partial charge in [0.05, 0.1) is 12.1 Å². The molecule has 0 radical (unpaired) electrons. The molecule has 1 aliphatic carbocycles. The van der Waals surface area contributed by atoms with Crippen LogP contribution in [0.5, 0.6) is 0 Å². The maximum atomic E-state index is 6.22. The summed E-state index contributed by atoms with van der Waals surface area (Å²) in [6, 6.07) is 8.44. The van der Waals surface area contributed by atoms with Crippen molar-refractivity contribution < 1.29 is 4.74 Å². The molecule has 17 heavy (non-hydrogen) atoms. The van der Waals surface area contributed by atoms with Crippen molar-refractivity contribution in [2.24, 2.45) is 11.1 Å². The average molecular weight is 233 g/mol. The van der Waals surface area contributed by atoms with E-state index in [9.17, 15) is 0 Å². The van der Waals surface area contributed by atoms with Gasteiger partial charge in [0.2, 0.25) is 0 Å². The molecule has 0 aliphatic heterocycles. The van der Waals surface area contributed by atoms with E-state index in [0.717, 1.165) is 19.4 Å². The fraction of sp³-hybridized carbons (Fsp3) is 0.600. The maximum absolute atomic E-state index is 6.22. The Hall–Kier alpha value is -0.860. The van der Waals surface area contributed by atoms with Crippen LogP contribution < -0.4 is 5.73 Å². The first-order chi connectivity index (χ1) is 7.97. The number of hydrogen-bond acceptors (Lipinski definition) is 2. The van der Waals surface area contributed by atoms with Gasteiger partial charge in [0.15, 0.2) is 0 Å². The minimum Gasteiger partial charge on any atom is -0.376 e. The number of ether oxygens (including phenoxy) is 1. The highest BCUT2D eigenvalue weighted by atomic mass is 16.5. The molecule has 0 fully saturated rings. The van der Waals surface area contributed by atoms with Gasteiger partial charge in [-0.05, 0) is 23.0 Å². The summed E-state index contributed by atoms with van der Waals surface area (Å²) >= 11 is 0. The lowest BCUT2D eigenvalue weighted by Gasteiger charge is -2.22. The van der Waals surface area contributed by atoms with Crippen LogP contribution in [0.2, 0.25) is 0 Å². The number of rotatable bonds is 3. The zero-order valence-electron chi connectivity index (χ0n) is 11.1. The van der Waals surface area contributed by atoms with Gasteiger partial charge in [-0.1, -0.05) is 45.0 Å². The van der Waals surface area contributed by atoms with E-state index < -0.39 is 0 Å². The molecule has 94 valence electrons. The second kappa shape index (κ2) is 4.79. The van der Waals surface area contributed by atoms with Crippen LogP contribution in [-0.4, -0.2) is 12.7 Å². The Morgan fingerprint density at radius 2 is 2.00 bits per heavy atom. The Kier molecular flexibility index (Phi) is 3.55. The van der Waals surface area contributed by atoms with E-state index in [2.05, 4.69) is 45.0 Å². The van der Waals surface area contributed by atoms with E-state index in [0.29, 0.717) is 5.41 Å². The SMILES string of the molecule is CC(C)(C)CCOC1Cc2ccccc2C1N. The van der Waals surface area contributed by atoms with Crippen LogP contribution in [0.4, 0.5) is 0 Å². The van der Waals surface area contributed by atoms with Crippen molar-refractivity contribution in [2.75, 3.05) is 6.61 Å². The van der Waals surface area contributed by atoms with Gasteiger partial charge in [-0.25, -0.2) is 0 Å². The van der Waals surface area contributed by atoms with Crippen LogP contribution >= 0.6 is 0 Å². The minimum absolute atomic E-state index is 0.0474. The third-order valence-corrected chi connectivity index (χ3v) is 3.42. The molecular formula is C15H23NO. The van der Waals surface area contributed by atoms with E-state index in [1.54, 1.807) is 0 Å². The second-order valence-electron chi connectivity index (χ2n) is 6.15. The minimum atomic E-state index is 0.0474. The Morgan fingerprint density at radius 1 is 1.29 bits per heavy atom. The van der Waals surface area contributed by atoms with Crippen molar-refractivity contribution in [1.82, 2.24) is 0 Å². The number of nitrogens with two attached hydrogens (primary N) is 1. The first-order valence-electron chi connectivity index (χ1n) is 6.42. The fourth-order valence-electron chi connectivity index (χ4n) is 2.27. The maximum Gasteiger partial charge on any atom is 0.0808 e. The van der Waals surface area contributed by atoms with E-state index in [-0.39, 0.29) is 12.1 Å². The van der Waals surface area contributed by atoms with Crippen LogP contribution in [-0.2, 0) is 11.2 Å². The van der Waals surface area contributed by atoms with Crippen LogP contribution in [0.15, 0.2) is 24.3 Å². The van der Waals surface area contributed by atoms with Crippen molar-refractivity contribution in [2.45, 2.75) is 45.8 Å². The summed E-state index contributed by atoms with van der Waals surface area (Å²) in [6.07, 6.45) is 2.20. The molecule has 2 heteroatoms. The van der Waals surface area contributed by atoms with E-state index >= 15 is 0 Å². The molecule has 1 aliphatic rings. The van der Waals surface area contributed by atoms with Crippen LogP contribution in [0, 0.1) is 5.41 Å². The summed E-state index contributed by atoms with van der Waals surface area (Å²) in [5.41, 5.74) is 9.15. The molecule has 0 saturated carbocycles. The van der Waals surface area contributed by atoms with E-state index in [4.69, 9.17) is 10.5 Å². The van der Waals surface area contributed by atoms with Crippen molar-refractivity contribution in [3.63, 3.8) is 0 Å². The largest absolute Gasteiger partial charge is 0.376 e. The van der Waals surface area contributed by atoms with Gasteiger partial charge in [0.1, 0.15) is 0 Å². The zero-order chi connectivity index (χ0) is 12.5. The van der Waals surface area contributed by atoms with Crippen molar-refractivity contribution >= 4 is 0 Å². The van der Waals surface area contributed by atoms with E-state index in [1.807, 2.05) is 0 Å². The monoisotopic (exact) mass is 233 g/mol. The van der Waals surface area contributed by atoms with Gasteiger partial charge in [-0.3, -0.25) is 0 Å². The molecule has 2 N–H and O–H groups in total. The smallest absolute Gasteiger partial charge is 0.0808 e. The predicted molar refractivity (Wildman–Crippen MR) is 70.9 cm³/mol. The van der Waals surface area contributed by atoms with Gasteiger partial charge < -0.3 is 10.5 Å². The highest BCUT2D eigenvalue weighted by molar-refractivity contribution is 5.36. The Morgan fingerprint density at radius 3 is 2.65 bits per heavy atom. The van der Waals surface area contributed by atoms with Gasteiger partial charge in [-0.2, -0.15) is 0 Å². The molecule has 0 bridgehead atoms. The highest BCUT2D eigenvalue weighted by Crippen LogP contribution is 2.31. The van der Waals surface area contributed by atoms with Crippen LogP contribution in [0.25, 0.3) is 0 Å². The highest BCUT2D eigenvalue weighted by Gasteiger charge is 2.30. The van der Waals surface area contributed by atoms with Crippen molar-refractivity contribution in [3.05, 3.63) is 35.4 Å². The third-order valence-electron chi connectivity index (χ3n) is 3.42. The fourth-order valence-corrected chi connectivity index (χ4v) is 2.27. The lowest BCUT2D eigenvalue weighted by molar-refractivity contribution is 0.0292. The average Bonchev–Trinajstić information content (AvgIpc) is 2.55. The third kappa shape index (κ3) is 3.08. The van der Waals surface area contributed by atoms with E-state index in [1.165, 1.54) is 11.1 Å². The quantitative estimate of drug-likeness (QED) is 0.871. The second-order valence-corrected chi connectivity index (χ2v) is 6.15. The Bertz CT molecular complexity index is 381. The van der Waals surface area contributed by atoms with Crippen LogP contribution in [0.1, 0.15) is 44.4 Å².